The highest BCUT2D eigenvalue weighted by molar-refractivity contribution is 6.15. The van der Waals surface area contributed by atoms with E-state index < -0.39 is 0 Å². The van der Waals surface area contributed by atoms with Gasteiger partial charge in [-0.05, 0) is 30.2 Å². The summed E-state index contributed by atoms with van der Waals surface area (Å²) in [4.78, 5) is 19.6. The standard InChI is InChI=1S/C23H23FN8/c1-26-15-6-12(24)5-13-17-20(29-19(13)15)30-22(28-9-11-3-2-4-27-8-11)31-21(17)32-10-14-18-16(32)7-23(14,18)25/h2-6,8,14,16,18,26H,7,9-10,25H2,1H3,(H2,28,29,30,31)/t14-,16?,18+,23?/m0/s1. The van der Waals surface area contributed by atoms with Gasteiger partial charge < -0.3 is 26.3 Å². The van der Waals surface area contributed by atoms with E-state index in [1.807, 2.05) is 18.3 Å². The number of nitrogens with zero attached hydrogens (tertiary/aromatic N) is 4. The Kier molecular flexibility index (Phi) is 3.44. The Morgan fingerprint density at radius 2 is 2.25 bits per heavy atom. The van der Waals surface area contributed by atoms with Crippen molar-refractivity contribution in [2.75, 3.05) is 29.1 Å². The van der Waals surface area contributed by atoms with Crippen LogP contribution in [-0.2, 0) is 6.54 Å². The first-order valence-corrected chi connectivity index (χ1v) is 11.0. The molecule has 0 spiro atoms. The fourth-order valence-corrected chi connectivity index (χ4v) is 6.01. The van der Waals surface area contributed by atoms with Gasteiger partial charge in [0.15, 0.2) is 0 Å². The van der Waals surface area contributed by atoms with Crippen LogP contribution in [-0.4, -0.2) is 45.1 Å². The summed E-state index contributed by atoms with van der Waals surface area (Å²) in [7, 11) is 1.79. The molecular formula is C23H23FN8. The molecule has 32 heavy (non-hydrogen) atoms. The van der Waals surface area contributed by atoms with Crippen LogP contribution in [0.2, 0.25) is 0 Å². The predicted octanol–water partition coefficient (Wildman–Crippen LogP) is 2.83. The van der Waals surface area contributed by atoms with Gasteiger partial charge in [-0.15, -0.1) is 0 Å². The van der Waals surface area contributed by atoms with Crippen LogP contribution in [0, 0.1) is 17.7 Å². The lowest BCUT2D eigenvalue weighted by molar-refractivity contribution is 0.308. The zero-order valence-electron chi connectivity index (χ0n) is 17.6. The number of halogens is 1. The van der Waals surface area contributed by atoms with Crippen LogP contribution in [0.1, 0.15) is 12.0 Å². The Balaban J connectivity index is 1.37. The number of hydrogen-bond acceptors (Lipinski definition) is 7. The molecule has 2 saturated carbocycles. The van der Waals surface area contributed by atoms with E-state index >= 15 is 0 Å². The summed E-state index contributed by atoms with van der Waals surface area (Å²) >= 11 is 0. The zero-order valence-corrected chi connectivity index (χ0v) is 17.6. The molecule has 3 aromatic heterocycles. The first kappa shape index (κ1) is 18.1. The molecule has 0 radical (unpaired) electrons. The zero-order chi connectivity index (χ0) is 21.6. The number of nitrogens with two attached hydrogens (primary N) is 1. The van der Waals surface area contributed by atoms with E-state index in [2.05, 4.69) is 25.5 Å². The number of benzene rings is 1. The van der Waals surface area contributed by atoms with Gasteiger partial charge in [-0.3, -0.25) is 4.98 Å². The summed E-state index contributed by atoms with van der Waals surface area (Å²) in [5.74, 6) is 2.17. The maximum atomic E-state index is 14.4. The topological polar surface area (TPSA) is 108 Å². The fourth-order valence-electron chi connectivity index (χ4n) is 6.01. The summed E-state index contributed by atoms with van der Waals surface area (Å²) in [5, 5.41) is 8.07. The number of aromatic nitrogens is 4. The van der Waals surface area contributed by atoms with Crippen LogP contribution >= 0.6 is 0 Å². The second kappa shape index (κ2) is 6.07. The van der Waals surface area contributed by atoms with Gasteiger partial charge in [0.2, 0.25) is 5.95 Å². The maximum Gasteiger partial charge on any atom is 0.226 e. The molecule has 8 nitrogen and oxygen atoms in total. The molecule has 1 saturated heterocycles. The van der Waals surface area contributed by atoms with Gasteiger partial charge in [-0.1, -0.05) is 6.07 Å². The highest BCUT2D eigenvalue weighted by Crippen LogP contribution is 2.69. The lowest BCUT2D eigenvalue weighted by Crippen LogP contribution is -2.55. The van der Waals surface area contributed by atoms with Crippen LogP contribution < -0.4 is 21.3 Å². The molecule has 1 aliphatic heterocycles. The van der Waals surface area contributed by atoms with Crippen LogP contribution in [0.5, 0.6) is 0 Å². The fraction of sp³-hybridized carbons (Fsp3) is 0.348. The van der Waals surface area contributed by atoms with Gasteiger partial charge in [-0.2, -0.15) is 9.97 Å². The van der Waals surface area contributed by atoms with E-state index in [-0.39, 0.29) is 11.4 Å². The molecule has 7 rings (SSSR count). The molecule has 4 heterocycles. The van der Waals surface area contributed by atoms with Crippen molar-refractivity contribution in [2.24, 2.45) is 17.6 Å². The van der Waals surface area contributed by atoms with Crippen molar-refractivity contribution in [3.8, 4) is 0 Å². The van der Waals surface area contributed by atoms with Crippen LogP contribution in [0.15, 0.2) is 36.7 Å². The molecule has 0 bridgehead atoms. The summed E-state index contributed by atoms with van der Waals surface area (Å²) in [6.45, 7) is 1.46. The van der Waals surface area contributed by atoms with Crippen molar-refractivity contribution in [1.82, 2.24) is 19.9 Å². The Hall–Kier alpha value is -3.46. The Morgan fingerprint density at radius 3 is 2.97 bits per heavy atom. The second-order valence-electron chi connectivity index (χ2n) is 9.23. The smallest absolute Gasteiger partial charge is 0.226 e. The molecule has 4 atom stereocenters. The minimum atomic E-state index is -0.290. The van der Waals surface area contributed by atoms with Crippen LogP contribution in [0.25, 0.3) is 21.9 Å². The maximum absolute atomic E-state index is 14.4. The van der Waals surface area contributed by atoms with Crippen molar-refractivity contribution in [3.05, 3.63) is 48.0 Å². The summed E-state index contributed by atoms with van der Waals surface area (Å²) in [6, 6.07) is 7.37. The molecule has 2 aliphatic carbocycles. The van der Waals surface area contributed by atoms with Gasteiger partial charge in [0.25, 0.3) is 0 Å². The molecule has 1 aromatic carbocycles. The third kappa shape index (κ3) is 2.31. The van der Waals surface area contributed by atoms with E-state index in [1.54, 1.807) is 19.3 Å². The lowest BCUT2D eigenvalue weighted by atomic mass is 9.85. The number of rotatable bonds is 5. The van der Waals surface area contributed by atoms with Crippen molar-refractivity contribution in [2.45, 2.75) is 24.5 Å². The minimum Gasteiger partial charge on any atom is -0.386 e. The summed E-state index contributed by atoms with van der Waals surface area (Å²) < 4.78 is 14.4. The monoisotopic (exact) mass is 430 g/mol. The van der Waals surface area contributed by atoms with Crippen molar-refractivity contribution in [1.29, 1.82) is 0 Å². The number of anilines is 3. The Morgan fingerprint density at radius 1 is 1.34 bits per heavy atom. The third-order valence-corrected chi connectivity index (χ3v) is 7.63. The van der Waals surface area contributed by atoms with E-state index in [1.165, 1.54) is 6.07 Å². The summed E-state index contributed by atoms with van der Waals surface area (Å²) in [5.41, 5.74) is 9.77. The molecule has 9 heteroatoms. The van der Waals surface area contributed by atoms with Crippen molar-refractivity contribution >= 4 is 39.4 Å². The average Bonchev–Trinajstić information content (AvgIpc) is 3.10. The average molecular weight is 430 g/mol. The predicted molar refractivity (Wildman–Crippen MR) is 122 cm³/mol. The second-order valence-corrected chi connectivity index (χ2v) is 9.23. The van der Waals surface area contributed by atoms with Gasteiger partial charge in [0.1, 0.15) is 17.3 Å². The van der Waals surface area contributed by atoms with Crippen molar-refractivity contribution in [3.63, 3.8) is 0 Å². The highest BCUT2D eigenvalue weighted by atomic mass is 19.1. The van der Waals surface area contributed by atoms with Crippen LogP contribution in [0.3, 0.4) is 0 Å². The number of pyridine rings is 1. The third-order valence-electron chi connectivity index (χ3n) is 7.63. The molecule has 3 fully saturated rings. The van der Waals surface area contributed by atoms with Gasteiger partial charge in [-0.25, -0.2) is 4.39 Å². The molecular weight excluding hydrogens is 407 g/mol. The number of nitrogens with one attached hydrogen (secondary N) is 3. The number of piperidine rings is 2. The molecule has 2 unspecified atom stereocenters. The van der Waals surface area contributed by atoms with E-state index in [0.29, 0.717) is 41.7 Å². The lowest BCUT2D eigenvalue weighted by Gasteiger charge is -2.42. The first-order chi connectivity index (χ1) is 15.6. The number of H-pyrrole nitrogens is 1. The number of aromatic amines is 1. The SMILES string of the molecule is CNc1cc(F)cc2c1[nH]c1nc(NCc3cccnc3)nc(N3C[C@H]4[C@@H]5C3CC45N)c12. The van der Waals surface area contributed by atoms with Crippen LogP contribution in [0.4, 0.5) is 21.8 Å². The highest BCUT2D eigenvalue weighted by Gasteiger charge is 2.79. The van der Waals surface area contributed by atoms with Crippen molar-refractivity contribution < 1.29 is 4.39 Å². The quantitative estimate of drug-likeness (QED) is 0.386. The van der Waals surface area contributed by atoms with E-state index in [9.17, 15) is 4.39 Å². The van der Waals surface area contributed by atoms with E-state index in [0.717, 1.165) is 40.6 Å². The van der Waals surface area contributed by atoms with Gasteiger partial charge in [0.05, 0.1) is 16.6 Å². The molecule has 162 valence electrons. The minimum absolute atomic E-state index is 0.0420. The normalized spacial score (nSPS) is 27.5. The van der Waals surface area contributed by atoms with Gasteiger partial charge in [0, 0.05) is 61.3 Å². The molecule has 4 aromatic rings. The molecule has 5 N–H and O–H groups in total. The Bertz CT molecular complexity index is 1380. The first-order valence-electron chi connectivity index (χ1n) is 11.0. The Labute approximate surface area is 183 Å². The number of hydrogen-bond donors (Lipinski definition) is 4. The number of fused-ring (bicyclic) bond motifs is 4. The van der Waals surface area contributed by atoms with E-state index in [4.69, 9.17) is 15.7 Å². The largest absolute Gasteiger partial charge is 0.386 e. The van der Waals surface area contributed by atoms with Gasteiger partial charge >= 0.3 is 0 Å². The summed E-state index contributed by atoms with van der Waals surface area (Å²) in [6.07, 6.45) is 4.56. The molecule has 3 aliphatic rings. The molecule has 0 amide bonds.